The van der Waals surface area contributed by atoms with E-state index in [1.807, 2.05) is 6.92 Å². The van der Waals surface area contributed by atoms with Crippen LogP contribution >= 0.6 is 11.6 Å². The summed E-state index contributed by atoms with van der Waals surface area (Å²) in [5, 5.41) is 0.913. The molecule has 0 aromatic rings. The van der Waals surface area contributed by atoms with Crippen LogP contribution in [0.5, 0.6) is 0 Å². The molecule has 0 saturated carbocycles. The van der Waals surface area contributed by atoms with Crippen LogP contribution in [0.25, 0.3) is 0 Å². The summed E-state index contributed by atoms with van der Waals surface area (Å²) in [6, 6.07) is 0. The molecule has 1 fully saturated rings. The van der Waals surface area contributed by atoms with Crippen LogP contribution in [0.1, 0.15) is 26.2 Å². The van der Waals surface area contributed by atoms with Gasteiger partial charge in [-0.25, -0.2) is 0 Å². The Morgan fingerprint density at radius 2 is 2.00 bits per heavy atom. The largest absolute Gasteiger partial charge is 0.300 e. The first-order valence-electron chi connectivity index (χ1n) is 4.33. The van der Waals surface area contributed by atoms with E-state index in [0.29, 0.717) is 0 Å². The minimum Gasteiger partial charge on any atom is -0.300 e. The highest BCUT2D eigenvalue weighted by atomic mass is 35.5. The second kappa shape index (κ2) is 4.78. The van der Waals surface area contributed by atoms with E-state index in [9.17, 15) is 0 Å². The molecule has 1 aliphatic rings. The topological polar surface area (TPSA) is 3.24 Å². The van der Waals surface area contributed by atoms with Gasteiger partial charge in [0.25, 0.3) is 0 Å². The van der Waals surface area contributed by atoms with Gasteiger partial charge in [0, 0.05) is 11.6 Å². The Kier molecular flexibility index (Phi) is 3.95. The molecule has 0 aliphatic carbocycles. The number of likely N-dealkylation sites (tertiary alicyclic amines) is 1. The zero-order valence-corrected chi connectivity index (χ0v) is 7.90. The predicted molar refractivity (Wildman–Crippen MR) is 49.9 cm³/mol. The lowest BCUT2D eigenvalue weighted by atomic mass is 10.1. The van der Waals surface area contributed by atoms with Crippen molar-refractivity contribution in [3.8, 4) is 0 Å². The van der Waals surface area contributed by atoms with E-state index in [1.165, 1.54) is 32.4 Å². The maximum absolute atomic E-state index is 5.73. The third-order valence-corrected chi connectivity index (χ3v) is 2.23. The number of piperidine rings is 1. The molecule has 0 atom stereocenters. The third-order valence-electron chi connectivity index (χ3n) is 2.08. The fourth-order valence-corrected chi connectivity index (χ4v) is 1.47. The molecule has 1 nitrogen and oxygen atoms in total. The first-order chi connectivity index (χ1) is 5.29. The molecule has 0 aromatic carbocycles. The molecule has 2 heteroatoms. The second-order valence-electron chi connectivity index (χ2n) is 3.15. The summed E-state index contributed by atoms with van der Waals surface area (Å²) >= 11 is 5.73. The molecule has 0 amide bonds. The van der Waals surface area contributed by atoms with Crippen LogP contribution in [-0.2, 0) is 0 Å². The Bertz CT molecular complexity index is 132. The van der Waals surface area contributed by atoms with Gasteiger partial charge in [-0.3, -0.25) is 4.90 Å². The molecule has 0 unspecified atom stereocenters. The van der Waals surface area contributed by atoms with Gasteiger partial charge in [-0.2, -0.15) is 0 Å². The quantitative estimate of drug-likeness (QED) is 0.621. The third kappa shape index (κ3) is 3.78. The van der Waals surface area contributed by atoms with E-state index >= 15 is 0 Å². The number of allylic oxidation sites excluding steroid dienone is 1. The van der Waals surface area contributed by atoms with Crippen molar-refractivity contribution >= 4 is 11.6 Å². The van der Waals surface area contributed by atoms with Gasteiger partial charge in [-0.15, -0.1) is 0 Å². The smallest absolute Gasteiger partial charge is 0.0177 e. The fourth-order valence-electron chi connectivity index (χ4n) is 1.40. The summed E-state index contributed by atoms with van der Waals surface area (Å²) in [7, 11) is 0. The zero-order chi connectivity index (χ0) is 8.10. The average molecular weight is 174 g/mol. The van der Waals surface area contributed by atoms with E-state index < -0.39 is 0 Å². The highest BCUT2D eigenvalue weighted by molar-refractivity contribution is 6.29. The molecule has 1 saturated heterocycles. The van der Waals surface area contributed by atoms with Gasteiger partial charge in [0.15, 0.2) is 0 Å². The normalized spacial score (nSPS) is 22.2. The molecule has 0 aromatic heterocycles. The van der Waals surface area contributed by atoms with Crippen molar-refractivity contribution in [2.75, 3.05) is 19.6 Å². The van der Waals surface area contributed by atoms with E-state index in [1.54, 1.807) is 0 Å². The van der Waals surface area contributed by atoms with Crippen LogP contribution in [0.3, 0.4) is 0 Å². The van der Waals surface area contributed by atoms with Crippen LogP contribution in [-0.4, -0.2) is 24.5 Å². The summed E-state index contributed by atoms with van der Waals surface area (Å²) < 4.78 is 0. The number of hydrogen-bond donors (Lipinski definition) is 0. The lowest BCUT2D eigenvalue weighted by Gasteiger charge is -2.24. The van der Waals surface area contributed by atoms with Gasteiger partial charge in [-0.1, -0.05) is 24.1 Å². The van der Waals surface area contributed by atoms with Crippen LogP contribution in [0.15, 0.2) is 11.1 Å². The first-order valence-corrected chi connectivity index (χ1v) is 4.71. The van der Waals surface area contributed by atoms with Crippen LogP contribution in [0, 0.1) is 0 Å². The van der Waals surface area contributed by atoms with Crippen molar-refractivity contribution in [2.45, 2.75) is 26.2 Å². The lowest BCUT2D eigenvalue weighted by molar-refractivity contribution is 0.251. The molecule has 0 N–H and O–H groups in total. The number of hydrogen-bond acceptors (Lipinski definition) is 1. The predicted octanol–water partition coefficient (Wildman–Crippen LogP) is 2.61. The number of halogens is 1. The highest BCUT2D eigenvalue weighted by Crippen LogP contribution is 2.09. The lowest BCUT2D eigenvalue weighted by Crippen LogP contribution is -2.29. The SMILES string of the molecule is C/C(Cl)=C/CN1CCCCC1. The van der Waals surface area contributed by atoms with Crippen LogP contribution in [0.4, 0.5) is 0 Å². The summed E-state index contributed by atoms with van der Waals surface area (Å²) in [4.78, 5) is 2.45. The molecule has 0 radical (unpaired) electrons. The molecule has 1 rings (SSSR count). The Morgan fingerprint density at radius 3 is 2.55 bits per heavy atom. The molecule has 1 heterocycles. The number of nitrogens with zero attached hydrogens (tertiary/aromatic N) is 1. The molecule has 1 aliphatic heterocycles. The Balaban J connectivity index is 2.19. The maximum atomic E-state index is 5.73. The Hall–Kier alpha value is -0.0100. The van der Waals surface area contributed by atoms with Gasteiger partial charge >= 0.3 is 0 Å². The molecule has 0 spiro atoms. The van der Waals surface area contributed by atoms with Gasteiger partial charge in [-0.05, 0) is 32.9 Å². The van der Waals surface area contributed by atoms with Gasteiger partial charge in [0.1, 0.15) is 0 Å². The Labute approximate surface area is 74.0 Å². The van der Waals surface area contributed by atoms with Crippen LogP contribution in [0.2, 0.25) is 0 Å². The molecule has 64 valence electrons. The first kappa shape index (κ1) is 9.08. The molecule has 11 heavy (non-hydrogen) atoms. The summed E-state index contributed by atoms with van der Waals surface area (Å²) in [6.07, 6.45) is 6.21. The molecular weight excluding hydrogens is 158 g/mol. The van der Waals surface area contributed by atoms with Crippen molar-refractivity contribution in [3.63, 3.8) is 0 Å². The standard InChI is InChI=1S/C9H16ClN/c1-9(10)5-8-11-6-3-2-4-7-11/h5H,2-4,6-8H2,1H3/b9-5-. The highest BCUT2D eigenvalue weighted by Gasteiger charge is 2.07. The van der Waals surface area contributed by atoms with E-state index in [-0.39, 0.29) is 0 Å². The zero-order valence-electron chi connectivity index (χ0n) is 7.15. The van der Waals surface area contributed by atoms with E-state index in [2.05, 4.69) is 11.0 Å². The average Bonchev–Trinajstić information content (AvgIpc) is 2.03. The summed E-state index contributed by atoms with van der Waals surface area (Å²) in [5.74, 6) is 0. The Morgan fingerprint density at radius 1 is 1.36 bits per heavy atom. The monoisotopic (exact) mass is 173 g/mol. The van der Waals surface area contributed by atoms with E-state index in [4.69, 9.17) is 11.6 Å². The molecular formula is C9H16ClN. The summed E-state index contributed by atoms with van der Waals surface area (Å²) in [6.45, 7) is 5.47. The van der Waals surface area contributed by atoms with Gasteiger partial charge in [0.05, 0.1) is 0 Å². The van der Waals surface area contributed by atoms with E-state index in [0.717, 1.165) is 11.6 Å². The minimum absolute atomic E-state index is 0.913. The van der Waals surface area contributed by atoms with Crippen molar-refractivity contribution in [1.29, 1.82) is 0 Å². The maximum Gasteiger partial charge on any atom is 0.0177 e. The summed E-state index contributed by atoms with van der Waals surface area (Å²) in [5.41, 5.74) is 0. The minimum atomic E-state index is 0.913. The fraction of sp³-hybridized carbons (Fsp3) is 0.778. The van der Waals surface area contributed by atoms with Crippen molar-refractivity contribution < 1.29 is 0 Å². The number of rotatable bonds is 2. The van der Waals surface area contributed by atoms with Crippen molar-refractivity contribution in [1.82, 2.24) is 4.90 Å². The van der Waals surface area contributed by atoms with Crippen molar-refractivity contribution in [3.05, 3.63) is 11.1 Å². The van der Waals surface area contributed by atoms with Crippen LogP contribution < -0.4 is 0 Å². The van der Waals surface area contributed by atoms with Gasteiger partial charge in [0.2, 0.25) is 0 Å². The van der Waals surface area contributed by atoms with Crippen molar-refractivity contribution in [2.24, 2.45) is 0 Å². The second-order valence-corrected chi connectivity index (χ2v) is 3.75. The van der Waals surface area contributed by atoms with Gasteiger partial charge < -0.3 is 0 Å². The molecule has 0 bridgehead atoms.